The van der Waals surface area contributed by atoms with Crippen molar-refractivity contribution in [2.24, 2.45) is 0 Å². The fraction of sp³-hybridized carbons (Fsp3) is 0.438. The second kappa shape index (κ2) is 5.70. The summed E-state index contributed by atoms with van der Waals surface area (Å²) >= 11 is 0. The van der Waals surface area contributed by atoms with E-state index in [0.29, 0.717) is 12.3 Å². The lowest BCUT2D eigenvalue weighted by atomic mass is 10.1. The van der Waals surface area contributed by atoms with Gasteiger partial charge in [0.25, 0.3) is 11.7 Å². The average Bonchev–Trinajstić information content (AvgIpc) is 3.24. The van der Waals surface area contributed by atoms with E-state index in [1.807, 2.05) is 31.0 Å². The maximum atomic E-state index is 12.8. The lowest BCUT2D eigenvalue weighted by Gasteiger charge is -2.32. The fourth-order valence-corrected chi connectivity index (χ4v) is 3.27. The molecule has 1 aliphatic heterocycles. The molecule has 1 fully saturated rings. The van der Waals surface area contributed by atoms with Gasteiger partial charge < -0.3 is 9.47 Å². The summed E-state index contributed by atoms with van der Waals surface area (Å²) in [6.45, 7) is 5.21. The van der Waals surface area contributed by atoms with Gasteiger partial charge in [-0.1, -0.05) is 0 Å². The van der Waals surface area contributed by atoms with Gasteiger partial charge in [-0.15, -0.1) is 5.10 Å². The van der Waals surface area contributed by atoms with E-state index in [4.69, 9.17) is 0 Å². The summed E-state index contributed by atoms with van der Waals surface area (Å²) in [5, 5.41) is 4.35. The monoisotopic (exact) mass is 325 g/mol. The number of hydrogen-bond donors (Lipinski definition) is 0. The van der Waals surface area contributed by atoms with Crippen molar-refractivity contribution < 1.29 is 4.79 Å². The van der Waals surface area contributed by atoms with Gasteiger partial charge in [-0.25, -0.2) is 14.5 Å². The molecule has 1 amide bonds. The van der Waals surface area contributed by atoms with Crippen LogP contribution in [0.25, 0.3) is 5.78 Å². The lowest BCUT2D eigenvalue weighted by Crippen LogP contribution is -2.41. The number of aromatic nitrogens is 6. The molecule has 3 aromatic heterocycles. The minimum Gasteiger partial charge on any atom is -0.334 e. The molecule has 0 N–H and O–H groups in total. The third kappa shape index (κ3) is 2.53. The predicted molar refractivity (Wildman–Crippen MR) is 86.7 cm³/mol. The summed E-state index contributed by atoms with van der Waals surface area (Å²) in [6, 6.07) is 2.18. The molecule has 0 radical (unpaired) electrons. The molecule has 4 heterocycles. The van der Waals surface area contributed by atoms with Crippen molar-refractivity contribution in [1.29, 1.82) is 0 Å². The van der Waals surface area contributed by atoms with Crippen LogP contribution in [0.5, 0.6) is 0 Å². The number of rotatable bonds is 2. The van der Waals surface area contributed by atoms with Crippen LogP contribution >= 0.6 is 0 Å². The van der Waals surface area contributed by atoms with E-state index in [1.165, 1.54) is 0 Å². The molecule has 124 valence electrons. The zero-order valence-electron chi connectivity index (χ0n) is 13.8. The molecule has 24 heavy (non-hydrogen) atoms. The molecule has 0 bridgehead atoms. The first-order chi connectivity index (χ1) is 11.6. The zero-order chi connectivity index (χ0) is 16.7. The summed E-state index contributed by atoms with van der Waals surface area (Å²) < 4.78 is 3.68. The Hall–Kier alpha value is -2.77. The Balaban J connectivity index is 1.60. The van der Waals surface area contributed by atoms with Crippen LogP contribution in [0.3, 0.4) is 0 Å². The molecule has 1 aliphatic rings. The summed E-state index contributed by atoms with van der Waals surface area (Å²) in [5.74, 6) is 0.545. The Morgan fingerprint density at radius 1 is 1.29 bits per heavy atom. The van der Waals surface area contributed by atoms with E-state index in [9.17, 15) is 4.79 Å². The number of nitrogens with zero attached hydrogens (tertiary/aromatic N) is 7. The van der Waals surface area contributed by atoms with Gasteiger partial charge >= 0.3 is 0 Å². The molecule has 0 saturated carbocycles. The van der Waals surface area contributed by atoms with E-state index in [-0.39, 0.29) is 17.8 Å². The first kappa shape index (κ1) is 14.8. The van der Waals surface area contributed by atoms with Crippen LogP contribution in [0.4, 0.5) is 0 Å². The number of carbonyl (C=O) groups excluding carboxylic acids is 1. The number of piperidine rings is 1. The SMILES string of the molecule is Cc1cc(C)n2nc(C(=O)N3CCC[C@@H](n4ccnc4)C3)nc2n1. The van der Waals surface area contributed by atoms with Crippen molar-refractivity contribution >= 4 is 11.7 Å². The molecule has 4 rings (SSSR count). The van der Waals surface area contributed by atoms with Gasteiger partial charge in [-0.2, -0.15) is 4.98 Å². The second-order valence-corrected chi connectivity index (χ2v) is 6.24. The number of imidazole rings is 1. The van der Waals surface area contributed by atoms with E-state index < -0.39 is 0 Å². The molecule has 8 nitrogen and oxygen atoms in total. The smallest absolute Gasteiger partial charge is 0.293 e. The first-order valence-corrected chi connectivity index (χ1v) is 8.09. The Labute approximate surface area is 139 Å². The second-order valence-electron chi connectivity index (χ2n) is 6.24. The van der Waals surface area contributed by atoms with Gasteiger partial charge in [0.1, 0.15) is 0 Å². The molecule has 1 atom stereocenters. The highest BCUT2D eigenvalue weighted by molar-refractivity contribution is 5.91. The predicted octanol–water partition coefficient (Wildman–Crippen LogP) is 1.41. The average molecular weight is 325 g/mol. The number of hydrogen-bond acceptors (Lipinski definition) is 5. The fourth-order valence-electron chi connectivity index (χ4n) is 3.27. The van der Waals surface area contributed by atoms with Crippen LogP contribution in [-0.4, -0.2) is 53.0 Å². The van der Waals surface area contributed by atoms with Crippen molar-refractivity contribution in [2.75, 3.05) is 13.1 Å². The summed E-state index contributed by atoms with van der Waals surface area (Å²) in [5.41, 5.74) is 1.78. The van der Waals surface area contributed by atoms with Gasteiger partial charge in [-0.3, -0.25) is 4.79 Å². The minimum atomic E-state index is -0.137. The Morgan fingerprint density at radius 3 is 2.96 bits per heavy atom. The van der Waals surface area contributed by atoms with E-state index in [2.05, 4.69) is 24.6 Å². The van der Waals surface area contributed by atoms with Crippen LogP contribution in [0.1, 0.15) is 40.9 Å². The van der Waals surface area contributed by atoms with Crippen LogP contribution in [0.2, 0.25) is 0 Å². The number of amides is 1. The topological polar surface area (TPSA) is 81.2 Å². The van der Waals surface area contributed by atoms with Gasteiger partial charge in [0.2, 0.25) is 5.82 Å². The Morgan fingerprint density at radius 2 is 2.17 bits per heavy atom. The summed E-state index contributed by atoms with van der Waals surface area (Å²) in [4.78, 5) is 27.4. The zero-order valence-corrected chi connectivity index (χ0v) is 13.8. The normalized spacial score (nSPS) is 18.2. The minimum absolute atomic E-state index is 0.137. The quantitative estimate of drug-likeness (QED) is 0.712. The number of carbonyl (C=O) groups is 1. The Kier molecular flexibility index (Phi) is 3.51. The lowest BCUT2D eigenvalue weighted by molar-refractivity contribution is 0.0667. The van der Waals surface area contributed by atoms with E-state index in [0.717, 1.165) is 30.8 Å². The van der Waals surface area contributed by atoms with Crippen molar-refractivity contribution in [1.82, 2.24) is 34.0 Å². The summed E-state index contributed by atoms with van der Waals surface area (Å²) in [7, 11) is 0. The molecule has 8 heteroatoms. The molecular weight excluding hydrogens is 306 g/mol. The van der Waals surface area contributed by atoms with Crippen LogP contribution in [0, 0.1) is 13.8 Å². The number of likely N-dealkylation sites (tertiary alicyclic amines) is 1. The van der Waals surface area contributed by atoms with Gasteiger partial charge in [0.15, 0.2) is 0 Å². The highest BCUT2D eigenvalue weighted by Gasteiger charge is 2.28. The highest BCUT2D eigenvalue weighted by atomic mass is 16.2. The van der Waals surface area contributed by atoms with Crippen LogP contribution in [0.15, 0.2) is 24.8 Å². The van der Waals surface area contributed by atoms with Crippen molar-refractivity contribution in [3.05, 3.63) is 42.0 Å². The first-order valence-electron chi connectivity index (χ1n) is 8.09. The van der Waals surface area contributed by atoms with Gasteiger partial charge in [-0.05, 0) is 32.8 Å². The van der Waals surface area contributed by atoms with Crippen molar-refractivity contribution in [2.45, 2.75) is 32.7 Å². The third-order valence-electron chi connectivity index (χ3n) is 4.44. The molecular formula is C16H19N7O. The molecule has 1 saturated heterocycles. The van der Waals surface area contributed by atoms with E-state index in [1.54, 1.807) is 17.0 Å². The largest absolute Gasteiger partial charge is 0.334 e. The van der Waals surface area contributed by atoms with Crippen LogP contribution < -0.4 is 0 Å². The highest BCUT2D eigenvalue weighted by Crippen LogP contribution is 2.22. The van der Waals surface area contributed by atoms with E-state index >= 15 is 0 Å². The maximum absolute atomic E-state index is 12.8. The van der Waals surface area contributed by atoms with Gasteiger partial charge in [0, 0.05) is 36.9 Å². The van der Waals surface area contributed by atoms with Gasteiger partial charge in [0.05, 0.1) is 12.4 Å². The molecule has 0 aliphatic carbocycles. The molecule has 3 aromatic rings. The van der Waals surface area contributed by atoms with Crippen LogP contribution in [-0.2, 0) is 0 Å². The summed E-state index contributed by atoms with van der Waals surface area (Å²) in [6.07, 6.45) is 7.51. The third-order valence-corrected chi connectivity index (χ3v) is 4.44. The molecule has 0 aromatic carbocycles. The molecule has 0 spiro atoms. The number of fused-ring (bicyclic) bond motifs is 1. The van der Waals surface area contributed by atoms with Crippen molar-refractivity contribution in [3.8, 4) is 0 Å². The number of aryl methyl sites for hydroxylation is 2. The Bertz CT molecular complexity index is 883. The maximum Gasteiger partial charge on any atom is 0.293 e. The standard InChI is InChI=1S/C16H19N7O/c1-11-8-12(2)23-16(18-11)19-14(20-23)15(24)21-6-3-4-13(9-21)22-7-5-17-10-22/h5,7-8,10,13H,3-4,6,9H2,1-2H3/t13-/m1/s1. The van der Waals surface area contributed by atoms with Crippen molar-refractivity contribution in [3.63, 3.8) is 0 Å². The molecule has 0 unspecified atom stereocenters.